The van der Waals surface area contributed by atoms with E-state index in [1.807, 2.05) is 41.8 Å². The molecule has 2 aromatic heterocycles. The van der Waals surface area contributed by atoms with Gasteiger partial charge < -0.3 is 11.1 Å². The molecule has 0 spiro atoms. The minimum Gasteiger partial charge on any atom is -0.352 e. The highest BCUT2D eigenvalue weighted by atomic mass is 32.1. The Morgan fingerprint density at radius 2 is 2.16 bits per heavy atom. The molecule has 19 heavy (non-hydrogen) atoms. The van der Waals surface area contributed by atoms with Gasteiger partial charge in [0.1, 0.15) is 5.52 Å². The number of hydrogen-bond acceptors (Lipinski definition) is 4. The molecule has 1 aromatic carbocycles. The quantitative estimate of drug-likeness (QED) is 0.761. The van der Waals surface area contributed by atoms with Gasteiger partial charge in [0, 0.05) is 4.88 Å². The highest BCUT2D eigenvalue weighted by Gasteiger charge is 2.19. The van der Waals surface area contributed by atoms with Crippen LogP contribution in [-0.2, 0) is 0 Å². The van der Waals surface area contributed by atoms with Crippen molar-refractivity contribution >= 4 is 28.4 Å². The molecule has 0 aliphatic rings. The van der Waals surface area contributed by atoms with Crippen LogP contribution in [0, 0.1) is 0 Å². The van der Waals surface area contributed by atoms with E-state index in [0.29, 0.717) is 0 Å². The van der Waals surface area contributed by atoms with Gasteiger partial charge >= 0.3 is 6.03 Å². The molecule has 1 atom stereocenters. The van der Waals surface area contributed by atoms with Crippen molar-refractivity contribution in [2.24, 2.45) is 5.73 Å². The standard InChI is InChI=1S/C12H11N5OS/c13-12(18)14-11(10-6-3-7-19-10)17-9-5-2-1-4-8(9)15-16-17/h1-7,11H,(H3,13,14,18). The third kappa shape index (κ3) is 2.15. The lowest BCUT2D eigenvalue weighted by atomic mass is 10.3. The number of carbonyl (C=O) groups is 1. The number of nitrogens with one attached hydrogen (secondary N) is 1. The van der Waals surface area contributed by atoms with Gasteiger partial charge in [-0.2, -0.15) is 0 Å². The number of rotatable bonds is 3. The molecule has 0 fully saturated rings. The fourth-order valence-electron chi connectivity index (χ4n) is 1.91. The molecule has 2 heterocycles. The molecule has 0 saturated carbocycles. The van der Waals surface area contributed by atoms with Crippen LogP contribution < -0.4 is 11.1 Å². The number of nitrogens with zero attached hydrogens (tertiary/aromatic N) is 3. The SMILES string of the molecule is NC(=O)NC(c1cccs1)n1nnc2ccccc21. The number of para-hydroxylation sites is 1. The van der Waals surface area contributed by atoms with E-state index in [9.17, 15) is 4.79 Å². The average Bonchev–Trinajstić information content (AvgIpc) is 3.05. The van der Waals surface area contributed by atoms with Crippen molar-refractivity contribution in [1.29, 1.82) is 0 Å². The Morgan fingerprint density at radius 3 is 2.89 bits per heavy atom. The molecule has 2 amide bonds. The van der Waals surface area contributed by atoms with Crippen LogP contribution in [0.4, 0.5) is 4.79 Å². The fourth-order valence-corrected chi connectivity index (χ4v) is 2.67. The molecule has 0 radical (unpaired) electrons. The lowest BCUT2D eigenvalue weighted by Crippen LogP contribution is -2.37. The smallest absolute Gasteiger partial charge is 0.314 e. The predicted molar refractivity (Wildman–Crippen MR) is 72.7 cm³/mol. The van der Waals surface area contributed by atoms with Gasteiger partial charge in [-0.1, -0.05) is 23.4 Å². The van der Waals surface area contributed by atoms with Gasteiger partial charge in [-0.25, -0.2) is 9.48 Å². The van der Waals surface area contributed by atoms with Gasteiger partial charge in [-0.05, 0) is 23.6 Å². The largest absolute Gasteiger partial charge is 0.352 e. The van der Waals surface area contributed by atoms with Crippen molar-refractivity contribution in [2.75, 3.05) is 0 Å². The summed E-state index contributed by atoms with van der Waals surface area (Å²) in [5.74, 6) is 0. The topological polar surface area (TPSA) is 85.8 Å². The van der Waals surface area contributed by atoms with E-state index in [2.05, 4.69) is 15.6 Å². The van der Waals surface area contributed by atoms with Crippen LogP contribution in [0.3, 0.4) is 0 Å². The molecule has 0 saturated heterocycles. The summed E-state index contributed by atoms with van der Waals surface area (Å²) >= 11 is 1.52. The van der Waals surface area contributed by atoms with Crippen molar-refractivity contribution in [3.63, 3.8) is 0 Å². The third-order valence-corrected chi connectivity index (χ3v) is 3.64. The summed E-state index contributed by atoms with van der Waals surface area (Å²) in [4.78, 5) is 12.1. The number of amides is 2. The zero-order chi connectivity index (χ0) is 13.2. The maximum Gasteiger partial charge on any atom is 0.314 e. The normalized spacial score (nSPS) is 12.4. The molecule has 3 rings (SSSR count). The number of primary amides is 1. The number of nitrogens with two attached hydrogens (primary N) is 1. The second-order valence-corrected chi connectivity index (χ2v) is 4.93. The van der Waals surface area contributed by atoms with E-state index in [1.54, 1.807) is 4.68 Å². The first-order valence-corrected chi connectivity index (χ1v) is 6.53. The summed E-state index contributed by atoms with van der Waals surface area (Å²) in [6.45, 7) is 0. The van der Waals surface area contributed by atoms with Crippen LogP contribution in [0.1, 0.15) is 11.0 Å². The molecule has 1 unspecified atom stereocenters. The maximum atomic E-state index is 11.2. The third-order valence-electron chi connectivity index (χ3n) is 2.71. The van der Waals surface area contributed by atoms with Gasteiger partial charge in [-0.3, -0.25) is 0 Å². The van der Waals surface area contributed by atoms with Gasteiger partial charge in [0.2, 0.25) is 0 Å². The summed E-state index contributed by atoms with van der Waals surface area (Å²) in [6, 6.07) is 10.8. The van der Waals surface area contributed by atoms with Crippen LogP contribution in [0.15, 0.2) is 41.8 Å². The number of aromatic nitrogens is 3. The van der Waals surface area contributed by atoms with Gasteiger partial charge in [-0.15, -0.1) is 16.4 Å². The highest BCUT2D eigenvalue weighted by Crippen LogP contribution is 2.23. The molecular weight excluding hydrogens is 262 g/mol. The first-order valence-electron chi connectivity index (χ1n) is 5.65. The maximum absolute atomic E-state index is 11.2. The van der Waals surface area contributed by atoms with Crippen LogP contribution in [0.5, 0.6) is 0 Å². The Bertz CT molecular complexity index is 706. The Balaban J connectivity index is 2.11. The lowest BCUT2D eigenvalue weighted by molar-refractivity contribution is 0.242. The Hall–Kier alpha value is -2.41. The summed E-state index contributed by atoms with van der Waals surface area (Å²) in [5, 5.41) is 12.8. The molecule has 0 aliphatic carbocycles. The van der Waals surface area contributed by atoms with E-state index in [-0.39, 0.29) is 0 Å². The zero-order valence-corrected chi connectivity index (χ0v) is 10.7. The number of benzene rings is 1. The fraction of sp³-hybridized carbons (Fsp3) is 0.0833. The molecule has 6 nitrogen and oxygen atoms in total. The van der Waals surface area contributed by atoms with E-state index in [4.69, 9.17) is 5.73 Å². The van der Waals surface area contributed by atoms with E-state index < -0.39 is 12.2 Å². The molecular formula is C12H11N5OS. The van der Waals surface area contributed by atoms with Crippen LogP contribution in [0.2, 0.25) is 0 Å². The molecule has 7 heteroatoms. The lowest BCUT2D eigenvalue weighted by Gasteiger charge is -2.16. The van der Waals surface area contributed by atoms with Crippen LogP contribution in [-0.4, -0.2) is 21.0 Å². The predicted octanol–water partition coefficient (Wildman–Crippen LogP) is 1.71. The Labute approximate surface area is 112 Å². The minimum atomic E-state index is -0.599. The second-order valence-electron chi connectivity index (χ2n) is 3.95. The average molecular weight is 273 g/mol. The van der Waals surface area contributed by atoms with E-state index >= 15 is 0 Å². The van der Waals surface area contributed by atoms with Gasteiger partial charge in [0.05, 0.1) is 5.52 Å². The van der Waals surface area contributed by atoms with Crippen molar-refractivity contribution in [3.8, 4) is 0 Å². The number of fused-ring (bicyclic) bond motifs is 1. The number of carbonyl (C=O) groups excluding carboxylic acids is 1. The summed E-state index contributed by atoms with van der Waals surface area (Å²) in [6.07, 6.45) is -0.440. The molecule has 3 N–H and O–H groups in total. The summed E-state index contributed by atoms with van der Waals surface area (Å²) in [5.41, 5.74) is 6.86. The number of urea groups is 1. The van der Waals surface area contributed by atoms with Crippen molar-refractivity contribution < 1.29 is 4.79 Å². The molecule has 96 valence electrons. The van der Waals surface area contributed by atoms with Crippen molar-refractivity contribution in [2.45, 2.75) is 6.17 Å². The van der Waals surface area contributed by atoms with Crippen molar-refractivity contribution in [1.82, 2.24) is 20.3 Å². The molecule has 3 aromatic rings. The van der Waals surface area contributed by atoms with Crippen LogP contribution in [0.25, 0.3) is 11.0 Å². The molecule has 0 aliphatic heterocycles. The van der Waals surface area contributed by atoms with Gasteiger partial charge in [0.25, 0.3) is 0 Å². The summed E-state index contributed by atoms with van der Waals surface area (Å²) in [7, 11) is 0. The van der Waals surface area contributed by atoms with Crippen molar-refractivity contribution in [3.05, 3.63) is 46.7 Å². The first kappa shape index (κ1) is 11.7. The first-order chi connectivity index (χ1) is 9.25. The monoisotopic (exact) mass is 273 g/mol. The van der Waals surface area contributed by atoms with E-state index in [0.717, 1.165) is 15.9 Å². The highest BCUT2D eigenvalue weighted by molar-refractivity contribution is 7.10. The van der Waals surface area contributed by atoms with E-state index in [1.165, 1.54) is 11.3 Å². The molecule has 0 bridgehead atoms. The zero-order valence-electron chi connectivity index (χ0n) is 9.85. The Kier molecular flexibility index (Phi) is 2.88. The minimum absolute atomic E-state index is 0.440. The number of thiophene rings is 1. The summed E-state index contributed by atoms with van der Waals surface area (Å²) < 4.78 is 1.66. The Morgan fingerprint density at radius 1 is 1.32 bits per heavy atom. The number of hydrogen-bond donors (Lipinski definition) is 2. The van der Waals surface area contributed by atoms with Crippen LogP contribution >= 0.6 is 11.3 Å². The van der Waals surface area contributed by atoms with Gasteiger partial charge in [0.15, 0.2) is 6.17 Å². The second kappa shape index (κ2) is 4.69.